The van der Waals surface area contributed by atoms with Crippen molar-refractivity contribution >= 4 is 46.4 Å². The van der Waals surface area contributed by atoms with Crippen molar-refractivity contribution in [1.29, 1.82) is 0 Å². The van der Waals surface area contributed by atoms with E-state index >= 15 is 0 Å². The van der Waals surface area contributed by atoms with E-state index in [1.807, 2.05) is 13.0 Å². The van der Waals surface area contributed by atoms with E-state index in [1.54, 1.807) is 31.4 Å². The van der Waals surface area contributed by atoms with Gasteiger partial charge in [0.15, 0.2) is 5.58 Å². The van der Waals surface area contributed by atoms with E-state index in [4.69, 9.17) is 16.0 Å². The second kappa shape index (κ2) is 11.2. The Balaban J connectivity index is 0.000000235. The maximum Gasteiger partial charge on any atom is 0.294 e. The Bertz CT molecular complexity index is 1090. The van der Waals surface area contributed by atoms with E-state index in [-0.39, 0.29) is 5.76 Å². The van der Waals surface area contributed by atoms with E-state index in [0.29, 0.717) is 39.7 Å². The molecule has 0 aromatic carbocycles. The van der Waals surface area contributed by atoms with Crippen LogP contribution >= 0.6 is 11.6 Å². The third-order valence-corrected chi connectivity index (χ3v) is 5.98. The molecule has 1 aliphatic rings. The lowest BCUT2D eigenvalue weighted by molar-refractivity contribution is -0.112. The number of anilines is 2. The lowest BCUT2D eigenvalue weighted by Crippen LogP contribution is -2.32. The van der Waals surface area contributed by atoms with Crippen molar-refractivity contribution in [1.82, 2.24) is 14.9 Å². The van der Waals surface area contributed by atoms with E-state index < -0.39 is 5.91 Å². The van der Waals surface area contributed by atoms with Gasteiger partial charge >= 0.3 is 0 Å². The number of amides is 1. The van der Waals surface area contributed by atoms with E-state index in [9.17, 15) is 9.59 Å². The number of carbonyl (C=O) groups excluding carboxylic acids is 2. The zero-order chi connectivity index (χ0) is 24.0. The molecule has 0 aliphatic heterocycles. The summed E-state index contributed by atoms with van der Waals surface area (Å²) in [5, 5.41) is 5.95. The largest absolute Gasteiger partial charge is 0.447 e. The second-order valence-electron chi connectivity index (χ2n) is 8.38. The third-order valence-electron chi connectivity index (χ3n) is 5.77. The number of fused-ring (bicyclic) bond motifs is 1. The van der Waals surface area contributed by atoms with Crippen LogP contribution in [0, 0.1) is 12.8 Å². The lowest BCUT2D eigenvalue weighted by Gasteiger charge is -2.30. The molecule has 176 valence electrons. The maximum absolute atomic E-state index is 12.4. The van der Waals surface area contributed by atoms with Crippen molar-refractivity contribution in [3.05, 3.63) is 46.9 Å². The summed E-state index contributed by atoms with van der Waals surface area (Å²) >= 11 is 5.89. The van der Waals surface area contributed by atoms with Gasteiger partial charge in [-0.25, -0.2) is 9.97 Å². The second-order valence-corrected chi connectivity index (χ2v) is 8.77. The van der Waals surface area contributed by atoms with Crippen molar-refractivity contribution in [3.63, 3.8) is 0 Å². The predicted molar refractivity (Wildman–Crippen MR) is 131 cm³/mol. The predicted octanol–water partition coefficient (Wildman–Crippen LogP) is 4.78. The average Bonchev–Trinajstić information content (AvgIpc) is 3.19. The molecule has 1 saturated carbocycles. The molecule has 1 amide bonds. The number of rotatable bonds is 5. The molecule has 4 rings (SSSR count). The molecule has 1 fully saturated rings. The summed E-state index contributed by atoms with van der Waals surface area (Å²) < 4.78 is 5.58. The van der Waals surface area contributed by atoms with E-state index in [1.165, 1.54) is 12.8 Å². The number of halogens is 1. The van der Waals surface area contributed by atoms with Gasteiger partial charge in [0.25, 0.3) is 5.91 Å². The lowest BCUT2D eigenvalue weighted by atomic mass is 9.86. The minimum atomic E-state index is -0.408. The Morgan fingerprint density at radius 3 is 2.48 bits per heavy atom. The Labute approximate surface area is 198 Å². The number of nitrogens with zero attached hydrogens (tertiary/aromatic N) is 3. The molecule has 3 aromatic heterocycles. The molecule has 3 heterocycles. The molecule has 2 N–H and O–H groups in total. The van der Waals surface area contributed by atoms with Gasteiger partial charge in [-0.1, -0.05) is 17.7 Å². The van der Waals surface area contributed by atoms with Gasteiger partial charge < -0.3 is 24.7 Å². The van der Waals surface area contributed by atoms with Crippen LogP contribution in [0.2, 0.25) is 5.15 Å². The van der Waals surface area contributed by atoms with Crippen LogP contribution in [0.5, 0.6) is 0 Å². The normalized spacial score (nSPS) is 17.9. The van der Waals surface area contributed by atoms with Crippen LogP contribution in [0.4, 0.5) is 11.5 Å². The quantitative estimate of drug-likeness (QED) is 0.407. The van der Waals surface area contributed by atoms with Crippen LogP contribution in [0.1, 0.15) is 41.8 Å². The molecule has 0 unspecified atom stereocenters. The van der Waals surface area contributed by atoms with Gasteiger partial charge in [0, 0.05) is 25.2 Å². The zero-order valence-electron chi connectivity index (χ0n) is 19.4. The van der Waals surface area contributed by atoms with Crippen LogP contribution in [0.15, 0.2) is 34.9 Å². The highest BCUT2D eigenvalue weighted by Gasteiger charge is 2.22. The molecule has 0 radical (unpaired) electrons. The first-order chi connectivity index (χ1) is 15.8. The Morgan fingerprint density at radius 1 is 1.18 bits per heavy atom. The number of aldehydes is 1. The van der Waals surface area contributed by atoms with Gasteiger partial charge in [0.2, 0.25) is 5.76 Å². The van der Waals surface area contributed by atoms with Crippen LogP contribution in [-0.4, -0.2) is 54.2 Å². The SMILES string of the molecule is CN(C)C1CCC(C=O)CC1.CNc1c(C(=O)Nc2ccc(C)cn2)oc2ccc(Cl)nc12. The summed E-state index contributed by atoms with van der Waals surface area (Å²) in [6, 6.07) is 7.58. The summed E-state index contributed by atoms with van der Waals surface area (Å²) in [5.74, 6) is 0.528. The van der Waals surface area contributed by atoms with Gasteiger partial charge in [0.1, 0.15) is 28.5 Å². The first-order valence-corrected chi connectivity index (χ1v) is 11.3. The van der Waals surface area contributed by atoms with Crippen molar-refractivity contribution in [2.45, 2.75) is 38.6 Å². The van der Waals surface area contributed by atoms with Gasteiger partial charge in [-0.3, -0.25) is 4.79 Å². The Kier molecular flexibility index (Phi) is 8.41. The monoisotopic (exact) mass is 471 g/mol. The topological polar surface area (TPSA) is 100 Å². The number of nitrogens with one attached hydrogen (secondary N) is 2. The summed E-state index contributed by atoms with van der Waals surface area (Å²) in [7, 11) is 5.92. The molecule has 1 aliphatic carbocycles. The number of aryl methyl sites for hydroxylation is 1. The summed E-state index contributed by atoms with van der Waals surface area (Å²) in [6.07, 6.45) is 7.35. The summed E-state index contributed by atoms with van der Waals surface area (Å²) in [6.45, 7) is 1.92. The third kappa shape index (κ3) is 6.30. The Morgan fingerprint density at radius 2 is 1.91 bits per heavy atom. The molecule has 0 atom stereocenters. The molecule has 3 aromatic rings. The minimum Gasteiger partial charge on any atom is -0.447 e. The van der Waals surface area contributed by atoms with Crippen LogP contribution in [0.25, 0.3) is 11.1 Å². The number of aromatic nitrogens is 2. The fraction of sp³-hybridized carbons (Fsp3) is 0.417. The summed E-state index contributed by atoms with van der Waals surface area (Å²) in [4.78, 5) is 33.4. The van der Waals surface area contributed by atoms with E-state index in [0.717, 1.165) is 24.7 Å². The van der Waals surface area contributed by atoms with Crippen molar-refractivity contribution in [2.75, 3.05) is 31.8 Å². The standard InChI is InChI=1S/C15H13ClN4O2.C9H17NO/c1-8-3-6-11(18-7-8)20-15(21)14-13(17-2)12-9(22-14)4-5-10(16)19-12;1-10(2)9-5-3-8(7-11)4-6-9/h3-7,17H,1-2H3,(H,18,20,21);7-9H,3-6H2,1-2H3. The molecule has 0 saturated heterocycles. The highest BCUT2D eigenvalue weighted by molar-refractivity contribution is 6.30. The molecule has 9 heteroatoms. The van der Waals surface area contributed by atoms with Gasteiger partial charge in [-0.15, -0.1) is 0 Å². The number of hydrogen-bond acceptors (Lipinski definition) is 7. The molecule has 33 heavy (non-hydrogen) atoms. The fourth-order valence-corrected chi connectivity index (χ4v) is 3.96. The van der Waals surface area contributed by atoms with E-state index in [2.05, 4.69) is 39.6 Å². The number of carbonyl (C=O) groups is 2. The fourth-order valence-electron chi connectivity index (χ4n) is 3.81. The first kappa shape index (κ1) is 24.7. The first-order valence-electron chi connectivity index (χ1n) is 10.9. The smallest absolute Gasteiger partial charge is 0.294 e. The molecule has 0 bridgehead atoms. The number of pyridine rings is 2. The van der Waals surface area contributed by atoms with Crippen molar-refractivity contribution in [2.24, 2.45) is 5.92 Å². The van der Waals surface area contributed by atoms with Crippen LogP contribution in [0.3, 0.4) is 0 Å². The van der Waals surface area contributed by atoms with Crippen LogP contribution < -0.4 is 10.6 Å². The highest BCUT2D eigenvalue weighted by Crippen LogP contribution is 2.30. The van der Waals surface area contributed by atoms with Crippen LogP contribution in [-0.2, 0) is 4.79 Å². The maximum atomic E-state index is 12.4. The molecule has 8 nitrogen and oxygen atoms in total. The molecular weight excluding hydrogens is 442 g/mol. The molecular formula is C24H30ClN5O3. The zero-order valence-corrected chi connectivity index (χ0v) is 20.1. The van der Waals surface area contributed by atoms with Crippen molar-refractivity contribution in [3.8, 4) is 0 Å². The highest BCUT2D eigenvalue weighted by atomic mass is 35.5. The van der Waals surface area contributed by atoms with Crippen molar-refractivity contribution < 1.29 is 14.0 Å². The molecule has 0 spiro atoms. The number of furan rings is 1. The van der Waals surface area contributed by atoms with Gasteiger partial charge in [-0.05, 0) is 70.5 Å². The minimum absolute atomic E-state index is 0.134. The Hall–Kier alpha value is -2.97. The average molecular weight is 472 g/mol. The van der Waals surface area contributed by atoms with Gasteiger partial charge in [0.05, 0.1) is 0 Å². The number of hydrogen-bond donors (Lipinski definition) is 2. The van der Waals surface area contributed by atoms with Gasteiger partial charge in [-0.2, -0.15) is 0 Å². The summed E-state index contributed by atoms with van der Waals surface area (Å²) in [5.41, 5.74) is 2.49.